The van der Waals surface area contributed by atoms with Crippen molar-refractivity contribution in [1.29, 1.82) is 0 Å². The number of nitrogens with one attached hydrogen (secondary N) is 2. The smallest absolute Gasteiger partial charge is 0.257 e. The topological polar surface area (TPSA) is 53.6 Å². The number of nitrogens with zero attached hydrogens (tertiary/aromatic N) is 1. The standard InChI is InChI=1S/C24H31N3O2S/c1-3-18(2)29-22-11-9-20(10-12-22)23(28)26-24(30)25-21-13-15-27(16-14-21)17-19-7-5-4-6-8-19/h4-12,18,21H,3,13-17H2,1-2H3,(H2,25,26,28,30). The van der Waals surface area contributed by atoms with Crippen LogP contribution in [-0.2, 0) is 6.54 Å². The molecular formula is C24H31N3O2S. The summed E-state index contributed by atoms with van der Waals surface area (Å²) >= 11 is 5.36. The summed E-state index contributed by atoms with van der Waals surface area (Å²) in [6.45, 7) is 7.11. The molecule has 0 radical (unpaired) electrons. The molecule has 1 unspecified atom stereocenters. The minimum Gasteiger partial charge on any atom is -0.491 e. The second kappa shape index (κ2) is 11.1. The fraction of sp³-hybridized carbons (Fsp3) is 0.417. The van der Waals surface area contributed by atoms with Gasteiger partial charge in [0.2, 0.25) is 0 Å². The van der Waals surface area contributed by atoms with Crippen molar-refractivity contribution in [2.75, 3.05) is 13.1 Å². The number of carbonyl (C=O) groups is 1. The van der Waals surface area contributed by atoms with Gasteiger partial charge in [-0.25, -0.2) is 0 Å². The van der Waals surface area contributed by atoms with Gasteiger partial charge in [0.25, 0.3) is 5.91 Å². The van der Waals surface area contributed by atoms with Crippen molar-refractivity contribution in [3.63, 3.8) is 0 Å². The SMILES string of the molecule is CCC(C)Oc1ccc(C(=O)NC(=S)NC2CCN(Cc3ccccc3)CC2)cc1. The molecule has 30 heavy (non-hydrogen) atoms. The van der Waals surface area contributed by atoms with Gasteiger partial charge in [-0.1, -0.05) is 37.3 Å². The second-order valence-corrected chi connectivity index (χ2v) is 8.23. The summed E-state index contributed by atoms with van der Waals surface area (Å²) in [5, 5.41) is 6.48. The van der Waals surface area contributed by atoms with E-state index in [2.05, 4.69) is 46.7 Å². The van der Waals surface area contributed by atoms with Gasteiger partial charge in [-0.05, 0) is 68.2 Å². The van der Waals surface area contributed by atoms with Crippen LogP contribution in [0.5, 0.6) is 5.75 Å². The van der Waals surface area contributed by atoms with E-state index in [-0.39, 0.29) is 18.1 Å². The molecule has 1 atom stereocenters. The van der Waals surface area contributed by atoms with Gasteiger partial charge in [-0.15, -0.1) is 0 Å². The number of hydrogen-bond acceptors (Lipinski definition) is 4. The molecule has 2 aromatic rings. The van der Waals surface area contributed by atoms with E-state index >= 15 is 0 Å². The van der Waals surface area contributed by atoms with Crippen LogP contribution in [0.2, 0.25) is 0 Å². The number of thiocarbonyl (C=S) groups is 1. The zero-order chi connectivity index (χ0) is 21.3. The Kier molecular flexibility index (Phi) is 8.22. The molecule has 0 aliphatic carbocycles. The lowest BCUT2D eigenvalue weighted by Crippen LogP contribution is -2.48. The van der Waals surface area contributed by atoms with Gasteiger partial charge in [-0.3, -0.25) is 15.0 Å². The third-order valence-electron chi connectivity index (χ3n) is 5.43. The predicted molar refractivity (Wildman–Crippen MR) is 125 cm³/mol. The molecule has 2 N–H and O–H groups in total. The number of benzene rings is 2. The molecule has 1 aliphatic heterocycles. The second-order valence-electron chi connectivity index (χ2n) is 7.82. The number of rotatable bonds is 7. The summed E-state index contributed by atoms with van der Waals surface area (Å²) < 4.78 is 5.75. The highest BCUT2D eigenvalue weighted by atomic mass is 32.1. The fourth-order valence-corrected chi connectivity index (χ4v) is 3.73. The molecule has 0 aromatic heterocycles. The van der Waals surface area contributed by atoms with Crippen LogP contribution in [0.4, 0.5) is 0 Å². The van der Waals surface area contributed by atoms with E-state index in [0.29, 0.717) is 10.7 Å². The Labute approximate surface area is 184 Å². The molecule has 6 heteroatoms. The predicted octanol–water partition coefficient (Wildman–Crippen LogP) is 4.13. The first kappa shape index (κ1) is 22.2. The van der Waals surface area contributed by atoms with Crippen LogP contribution < -0.4 is 15.4 Å². The summed E-state index contributed by atoms with van der Waals surface area (Å²) in [5.41, 5.74) is 1.90. The van der Waals surface area contributed by atoms with E-state index in [1.165, 1.54) is 5.56 Å². The number of piperidine rings is 1. The van der Waals surface area contributed by atoms with E-state index < -0.39 is 0 Å². The first-order chi connectivity index (χ1) is 14.5. The van der Waals surface area contributed by atoms with Crippen LogP contribution in [-0.4, -0.2) is 41.2 Å². The molecule has 1 amide bonds. The number of carbonyl (C=O) groups excluding carboxylic acids is 1. The molecule has 2 aromatic carbocycles. The monoisotopic (exact) mass is 425 g/mol. The summed E-state index contributed by atoms with van der Waals surface area (Å²) in [6, 6.07) is 18.0. The summed E-state index contributed by atoms with van der Waals surface area (Å²) in [4.78, 5) is 14.9. The summed E-state index contributed by atoms with van der Waals surface area (Å²) in [6.07, 6.45) is 3.10. The van der Waals surface area contributed by atoms with Gasteiger partial charge in [0.05, 0.1) is 6.10 Å². The normalized spacial score (nSPS) is 15.9. The number of likely N-dealkylation sites (tertiary alicyclic amines) is 1. The third kappa shape index (κ3) is 6.82. The van der Waals surface area contributed by atoms with Crippen LogP contribution in [0.3, 0.4) is 0 Å². The van der Waals surface area contributed by atoms with Crippen molar-refractivity contribution in [2.45, 2.75) is 51.8 Å². The van der Waals surface area contributed by atoms with E-state index in [1.54, 1.807) is 12.1 Å². The zero-order valence-electron chi connectivity index (χ0n) is 17.8. The minimum atomic E-state index is -0.205. The van der Waals surface area contributed by atoms with Crippen LogP contribution in [0, 0.1) is 0 Å². The largest absolute Gasteiger partial charge is 0.491 e. The highest BCUT2D eigenvalue weighted by molar-refractivity contribution is 7.80. The molecule has 1 fully saturated rings. The van der Waals surface area contributed by atoms with Crippen molar-refractivity contribution < 1.29 is 9.53 Å². The molecule has 1 saturated heterocycles. The molecule has 0 saturated carbocycles. The highest BCUT2D eigenvalue weighted by Crippen LogP contribution is 2.16. The fourth-order valence-electron chi connectivity index (χ4n) is 3.47. The van der Waals surface area contributed by atoms with Crippen molar-refractivity contribution in [3.05, 3.63) is 65.7 Å². The number of hydrogen-bond donors (Lipinski definition) is 2. The Morgan fingerprint density at radius 3 is 2.43 bits per heavy atom. The molecule has 160 valence electrons. The first-order valence-corrected chi connectivity index (χ1v) is 11.1. The maximum absolute atomic E-state index is 12.5. The average molecular weight is 426 g/mol. The van der Waals surface area contributed by atoms with Gasteiger partial charge < -0.3 is 10.1 Å². The molecule has 5 nitrogen and oxygen atoms in total. The Morgan fingerprint density at radius 2 is 1.80 bits per heavy atom. The Hall–Kier alpha value is -2.44. The number of amides is 1. The quantitative estimate of drug-likeness (QED) is 0.653. The highest BCUT2D eigenvalue weighted by Gasteiger charge is 2.20. The Morgan fingerprint density at radius 1 is 1.13 bits per heavy atom. The zero-order valence-corrected chi connectivity index (χ0v) is 18.6. The van der Waals surface area contributed by atoms with E-state index in [4.69, 9.17) is 17.0 Å². The van der Waals surface area contributed by atoms with Crippen LogP contribution in [0.15, 0.2) is 54.6 Å². The van der Waals surface area contributed by atoms with Gasteiger partial charge >= 0.3 is 0 Å². The first-order valence-electron chi connectivity index (χ1n) is 10.7. The third-order valence-corrected chi connectivity index (χ3v) is 5.65. The average Bonchev–Trinajstić information content (AvgIpc) is 2.76. The van der Waals surface area contributed by atoms with E-state index in [9.17, 15) is 4.79 Å². The van der Waals surface area contributed by atoms with Gasteiger partial charge in [0.1, 0.15) is 5.75 Å². The lowest BCUT2D eigenvalue weighted by molar-refractivity contribution is 0.0976. The Balaban J connectivity index is 1.40. The lowest BCUT2D eigenvalue weighted by Gasteiger charge is -2.32. The van der Waals surface area contributed by atoms with Crippen molar-refractivity contribution in [1.82, 2.24) is 15.5 Å². The van der Waals surface area contributed by atoms with Crippen LogP contribution in [0.1, 0.15) is 49.0 Å². The Bertz CT molecular complexity index is 818. The van der Waals surface area contributed by atoms with Crippen LogP contribution in [0.25, 0.3) is 0 Å². The summed E-state index contributed by atoms with van der Waals surface area (Å²) in [7, 11) is 0. The maximum atomic E-state index is 12.5. The number of ether oxygens (including phenoxy) is 1. The van der Waals surface area contributed by atoms with Gasteiger partial charge in [0.15, 0.2) is 5.11 Å². The van der Waals surface area contributed by atoms with Gasteiger partial charge in [0, 0.05) is 31.2 Å². The van der Waals surface area contributed by atoms with Gasteiger partial charge in [-0.2, -0.15) is 0 Å². The van der Waals surface area contributed by atoms with Crippen molar-refractivity contribution >= 4 is 23.2 Å². The molecule has 3 rings (SSSR count). The lowest BCUT2D eigenvalue weighted by atomic mass is 10.0. The molecule has 1 aliphatic rings. The van der Waals surface area contributed by atoms with E-state index in [0.717, 1.165) is 44.6 Å². The molecule has 0 spiro atoms. The van der Waals surface area contributed by atoms with Crippen molar-refractivity contribution in [2.24, 2.45) is 0 Å². The summed E-state index contributed by atoms with van der Waals surface area (Å²) in [5.74, 6) is 0.563. The molecule has 0 bridgehead atoms. The molecular weight excluding hydrogens is 394 g/mol. The minimum absolute atomic E-state index is 0.153. The molecule has 1 heterocycles. The van der Waals surface area contributed by atoms with Crippen LogP contribution >= 0.6 is 12.2 Å². The van der Waals surface area contributed by atoms with E-state index in [1.807, 2.05) is 25.1 Å². The maximum Gasteiger partial charge on any atom is 0.257 e. The van der Waals surface area contributed by atoms with Crippen molar-refractivity contribution in [3.8, 4) is 5.75 Å².